The molecule has 5 nitrogen and oxygen atoms in total. The standard InChI is InChI=1S/C15H18ClN3O2/c1-10(2)21-13-5-3-11(4-6-13)14(20)9-19-15-17-7-12(16)8-18-15/h3-8,10,14,20H,9H2,1-2H3,(H,17,18,19). The maximum Gasteiger partial charge on any atom is 0.222 e. The molecule has 1 unspecified atom stereocenters. The number of anilines is 1. The Balaban J connectivity index is 1.90. The Morgan fingerprint density at radius 3 is 2.38 bits per heavy atom. The molecular weight excluding hydrogens is 290 g/mol. The molecule has 1 aromatic heterocycles. The molecule has 0 saturated heterocycles. The van der Waals surface area contributed by atoms with Gasteiger partial charge in [0.15, 0.2) is 0 Å². The van der Waals surface area contributed by atoms with Crippen LogP contribution in [0.5, 0.6) is 5.75 Å². The van der Waals surface area contributed by atoms with Gasteiger partial charge < -0.3 is 15.2 Å². The average molecular weight is 308 g/mol. The molecule has 0 amide bonds. The molecule has 0 aliphatic rings. The Bertz CT molecular complexity index is 558. The third kappa shape index (κ3) is 4.88. The van der Waals surface area contributed by atoms with Gasteiger partial charge in [0, 0.05) is 6.54 Å². The van der Waals surface area contributed by atoms with Crippen LogP contribution >= 0.6 is 11.6 Å². The van der Waals surface area contributed by atoms with Crippen LogP contribution in [-0.4, -0.2) is 27.7 Å². The number of rotatable bonds is 6. The smallest absolute Gasteiger partial charge is 0.222 e. The van der Waals surface area contributed by atoms with Crippen LogP contribution in [0, 0.1) is 0 Å². The minimum absolute atomic E-state index is 0.129. The van der Waals surface area contributed by atoms with Gasteiger partial charge >= 0.3 is 0 Å². The van der Waals surface area contributed by atoms with Crippen molar-refractivity contribution in [2.75, 3.05) is 11.9 Å². The molecule has 0 spiro atoms. The zero-order chi connectivity index (χ0) is 15.2. The van der Waals surface area contributed by atoms with Gasteiger partial charge in [0.05, 0.1) is 29.6 Å². The zero-order valence-electron chi connectivity index (χ0n) is 12.0. The topological polar surface area (TPSA) is 67.3 Å². The van der Waals surface area contributed by atoms with Crippen LogP contribution < -0.4 is 10.1 Å². The number of ether oxygens (including phenoxy) is 1. The minimum Gasteiger partial charge on any atom is -0.491 e. The number of aromatic nitrogens is 2. The molecule has 0 saturated carbocycles. The van der Waals surface area contributed by atoms with Gasteiger partial charge in [0.2, 0.25) is 5.95 Å². The molecule has 21 heavy (non-hydrogen) atoms. The summed E-state index contributed by atoms with van der Waals surface area (Å²) in [6.45, 7) is 4.25. The van der Waals surface area contributed by atoms with E-state index in [4.69, 9.17) is 16.3 Å². The number of hydrogen-bond donors (Lipinski definition) is 2. The predicted octanol–water partition coefficient (Wildman–Crippen LogP) is 3.06. The molecule has 6 heteroatoms. The third-order valence-corrected chi connectivity index (χ3v) is 2.91. The van der Waals surface area contributed by atoms with E-state index in [0.717, 1.165) is 11.3 Å². The summed E-state index contributed by atoms with van der Waals surface area (Å²) in [4.78, 5) is 8.01. The van der Waals surface area contributed by atoms with Crippen molar-refractivity contribution in [3.05, 3.63) is 47.2 Å². The second-order valence-electron chi connectivity index (χ2n) is 4.86. The number of halogens is 1. The predicted molar refractivity (Wildman–Crippen MR) is 82.7 cm³/mol. The van der Waals surface area contributed by atoms with Crippen molar-refractivity contribution < 1.29 is 9.84 Å². The van der Waals surface area contributed by atoms with E-state index in [2.05, 4.69) is 15.3 Å². The Morgan fingerprint density at radius 1 is 1.19 bits per heavy atom. The van der Waals surface area contributed by atoms with Crippen LogP contribution in [0.1, 0.15) is 25.5 Å². The molecule has 1 aromatic carbocycles. The van der Waals surface area contributed by atoms with E-state index in [9.17, 15) is 5.11 Å². The van der Waals surface area contributed by atoms with E-state index in [-0.39, 0.29) is 6.10 Å². The van der Waals surface area contributed by atoms with Gasteiger partial charge in [-0.3, -0.25) is 0 Å². The Kier molecular flexibility index (Phi) is 5.36. The van der Waals surface area contributed by atoms with Crippen LogP contribution in [0.4, 0.5) is 5.95 Å². The number of nitrogens with zero attached hydrogens (tertiary/aromatic N) is 2. The number of hydrogen-bond acceptors (Lipinski definition) is 5. The second-order valence-corrected chi connectivity index (χ2v) is 5.29. The van der Waals surface area contributed by atoms with Crippen LogP contribution in [-0.2, 0) is 0 Å². The highest BCUT2D eigenvalue weighted by molar-refractivity contribution is 6.30. The third-order valence-electron chi connectivity index (χ3n) is 2.71. The minimum atomic E-state index is -0.655. The molecular formula is C15H18ClN3O2. The fraction of sp³-hybridized carbons (Fsp3) is 0.333. The fourth-order valence-corrected chi connectivity index (χ4v) is 1.85. The Labute approximate surface area is 129 Å². The zero-order valence-corrected chi connectivity index (χ0v) is 12.7. The first-order chi connectivity index (χ1) is 10.0. The first kappa shape index (κ1) is 15.5. The van der Waals surface area contributed by atoms with E-state index in [1.54, 1.807) is 0 Å². The molecule has 0 fully saturated rings. The Hall–Kier alpha value is -1.85. The summed E-state index contributed by atoms with van der Waals surface area (Å²) in [7, 11) is 0. The SMILES string of the molecule is CC(C)Oc1ccc(C(O)CNc2ncc(Cl)cn2)cc1. The average Bonchev–Trinajstić information content (AvgIpc) is 2.46. The van der Waals surface area contributed by atoms with Crippen LogP contribution in [0.2, 0.25) is 5.02 Å². The lowest BCUT2D eigenvalue weighted by Crippen LogP contribution is -2.14. The number of aliphatic hydroxyl groups is 1. The van der Waals surface area contributed by atoms with Gasteiger partial charge in [-0.2, -0.15) is 0 Å². The molecule has 0 aliphatic heterocycles. The lowest BCUT2D eigenvalue weighted by molar-refractivity contribution is 0.191. The normalized spacial score (nSPS) is 12.2. The fourth-order valence-electron chi connectivity index (χ4n) is 1.75. The van der Waals surface area contributed by atoms with E-state index in [1.165, 1.54) is 12.4 Å². The van der Waals surface area contributed by atoms with Crippen LogP contribution in [0.25, 0.3) is 0 Å². The molecule has 1 atom stereocenters. The lowest BCUT2D eigenvalue weighted by Gasteiger charge is -2.14. The number of aliphatic hydroxyl groups excluding tert-OH is 1. The molecule has 0 bridgehead atoms. The molecule has 112 valence electrons. The molecule has 1 heterocycles. The van der Waals surface area contributed by atoms with Gasteiger partial charge in [-0.05, 0) is 31.5 Å². The van der Waals surface area contributed by atoms with Crippen LogP contribution in [0.3, 0.4) is 0 Å². The van der Waals surface area contributed by atoms with Crippen molar-refractivity contribution in [3.63, 3.8) is 0 Å². The number of nitrogens with one attached hydrogen (secondary N) is 1. The maximum absolute atomic E-state index is 10.1. The quantitative estimate of drug-likeness (QED) is 0.858. The van der Waals surface area contributed by atoms with Gasteiger partial charge in [-0.1, -0.05) is 23.7 Å². The van der Waals surface area contributed by atoms with Crippen molar-refractivity contribution >= 4 is 17.5 Å². The monoisotopic (exact) mass is 307 g/mol. The summed E-state index contributed by atoms with van der Waals surface area (Å²) >= 11 is 5.71. The molecule has 2 N–H and O–H groups in total. The summed E-state index contributed by atoms with van der Waals surface area (Å²) in [5.74, 6) is 1.22. The largest absolute Gasteiger partial charge is 0.491 e. The second kappa shape index (κ2) is 7.24. The van der Waals surface area contributed by atoms with Crippen molar-refractivity contribution in [1.82, 2.24) is 9.97 Å². The van der Waals surface area contributed by atoms with Crippen molar-refractivity contribution in [2.45, 2.75) is 26.1 Å². The molecule has 0 radical (unpaired) electrons. The van der Waals surface area contributed by atoms with Crippen molar-refractivity contribution in [3.8, 4) is 5.75 Å². The van der Waals surface area contributed by atoms with Gasteiger partial charge in [-0.15, -0.1) is 0 Å². The lowest BCUT2D eigenvalue weighted by atomic mass is 10.1. The highest BCUT2D eigenvalue weighted by atomic mass is 35.5. The first-order valence-corrected chi connectivity index (χ1v) is 7.08. The van der Waals surface area contributed by atoms with Gasteiger partial charge in [0.25, 0.3) is 0 Å². The highest BCUT2D eigenvalue weighted by Gasteiger charge is 2.08. The summed E-state index contributed by atoms with van der Waals surface area (Å²) in [6, 6.07) is 7.37. The van der Waals surface area contributed by atoms with Gasteiger partial charge in [0.1, 0.15) is 5.75 Å². The maximum atomic E-state index is 10.1. The summed E-state index contributed by atoms with van der Waals surface area (Å²) in [6.07, 6.45) is 2.48. The van der Waals surface area contributed by atoms with Crippen LogP contribution in [0.15, 0.2) is 36.7 Å². The molecule has 2 aromatic rings. The molecule has 2 rings (SSSR count). The summed E-state index contributed by atoms with van der Waals surface area (Å²) in [5.41, 5.74) is 0.799. The first-order valence-electron chi connectivity index (χ1n) is 6.70. The van der Waals surface area contributed by atoms with E-state index in [1.807, 2.05) is 38.1 Å². The molecule has 0 aliphatic carbocycles. The van der Waals surface area contributed by atoms with E-state index in [0.29, 0.717) is 17.5 Å². The Morgan fingerprint density at radius 2 is 1.81 bits per heavy atom. The highest BCUT2D eigenvalue weighted by Crippen LogP contribution is 2.19. The van der Waals surface area contributed by atoms with Crippen molar-refractivity contribution in [2.24, 2.45) is 0 Å². The van der Waals surface area contributed by atoms with E-state index >= 15 is 0 Å². The van der Waals surface area contributed by atoms with Crippen molar-refractivity contribution in [1.29, 1.82) is 0 Å². The number of benzene rings is 1. The summed E-state index contributed by atoms with van der Waals surface area (Å²) < 4.78 is 5.56. The summed E-state index contributed by atoms with van der Waals surface area (Å²) in [5, 5.41) is 13.6. The van der Waals surface area contributed by atoms with E-state index < -0.39 is 6.10 Å². The van der Waals surface area contributed by atoms with Gasteiger partial charge in [-0.25, -0.2) is 9.97 Å².